The number of piperidine rings is 1. The van der Waals surface area contributed by atoms with Gasteiger partial charge < -0.3 is 14.6 Å². The Kier molecular flexibility index (Phi) is 7.40. The summed E-state index contributed by atoms with van der Waals surface area (Å²) >= 11 is 0. The minimum absolute atomic E-state index is 0.0457. The first-order chi connectivity index (χ1) is 10.2. The Balaban J connectivity index is 1.62. The summed E-state index contributed by atoms with van der Waals surface area (Å²) < 4.78 is 10.6. The maximum absolute atomic E-state index is 10.1. The maximum atomic E-state index is 10.1. The first-order valence-electron chi connectivity index (χ1n) is 8.44. The minimum atomic E-state index is -0.399. The van der Waals surface area contributed by atoms with Crippen molar-refractivity contribution in [1.29, 1.82) is 0 Å². The molecule has 2 heterocycles. The van der Waals surface area contributed by atoms with Gasteiger partial charge in [-0.1, -0.05) is 6.42 Å². The van der Waals surface area contributed by atoms with Crippen LogP contribution in [0.1, 0.15) is 32.6 Å². The Labute approximate surface area is 129 Å². The third-order valence-electron chi connectivity index (χ3n) is 4.60. The largest absolute Gasteiger partial charge is 0.389 e. The highest BCUT2D eigenvalue weighted by molar-refractivity contribution is 4.85. The summed E-state index contributed by atoms with van der Waals surface area (Å²) in [6.45, 7) is 8.40. The molecule has 2 rings (SSSR count). The van der Waals surface area contributed by atoms with E-state index < -0.39 is 6.10 Å². The SMILES string of the molecule is COCC(C)OCC(O)CN1CCC(N2CCCCC2)C1. The first-order valence-corrected chi connectivity index (χ1v) is 8.44. The van der Waals surface area contributed by atoms with Crippen LogP contribution in [0.4, 0.5) is 0 Å². The standard InChI is InChI=1S/C16H32N2O3/c1-14(12-20-2)21-13-16(19)11-17-9-6-15(10-17)18-7-4-3-5-8-18/h14-16,19H,3-13H2,1-2H3. The summed E-state index contributed by atoms with van der Waals surface area (Å²) in [5.41, 5.74) is 0. The molecule has 0 saturated carbocycles. The molecule has 5 heteroatoms. The summed E-state index contributed by atoms with van der Waals surface area (Å²) in [6.07, 6.45) is 4.99. The van der Waals surface area contributed by atoms with Gasteiger partial charge in [0.15, 0.2) is 0 Å². The van der Waals surface area contributed by atoms with Gasteiger partial charge in [0.1, 0.15) is 0 Å². The number of hydrogen-bond acceptors (Lipinski definition) is 5. The number of β-amino-alcohol motifs (C(OH)–C–C–N with tert-alkyl or cyclic N) is 1. The molecule has 0 bridgehead atoms. The highest BCUT2D eigenvalue weighted by Gasteiger charge is 2.29. The van der Waals surface area contributed by atoms with Gasteiger partial charge in [0.25, 0.3) is 0 Å². The van der Waals surface area contributed by atoms with Gasteiger partial charge >= 0.3 is 0 Å². The summed E-state index contributed by atoms with van der Waals surface area (Å²) in [6, 6.07) is 0.700. The van der Waals surface area contributed by atoms with Gasteiger partial charge in [-0.3, -0.25) is 9.80 Å². The number of likely N-dealkylation sites (tertiary alicyclic amines) is 2. The average Bonchev–Trinajstić information content (AvgIpc) is 2.95. The predicted octanol–water partition coefficient (Wildman–Crippen LogP) is 0.959. The van der Waals surface area contributed by atoms with Crippen molar-refractivity contribution in [2.75, 3.05) is 53.0 Å². The lowest BCUT2D eigenvalue weighted by molar-refractivity contribution is -0.0386. The van der Waals surface area contributed by atoms with Gasteiger partial charge in [-0.2, -0.15) is 0 Å². The van der Waals surface area contributed by atoms with Crippen LogP contribution in [0, 0.1) is 0 Å². The third-order valence-corrected chi connectivity index (χ3v) is 4.60. The molecule has 5 nitrogen and oxygen atoms in total. The lowest BCUT2D eigenvalue weighted by Crippen LogP contribution is -2.42. The molecule has 0 spiro atoms. The van der Waals surface area contributed by atoms with E-state index in [0.29, 0.717) is 19.3 Å². The average molecular weight is 300 g/mol. The number of nitrogens with zero attached hydrogens (tertiary/aromatic N) is 2. The van der Waals surface area contributed by atoms with Crippen molar-refractivity contribution in [3.8, 4) is 0 Å². The zero-order valence-electron chi connectivity index (χ0n) is 13.7. The van der Waals surface area contributed by atoms with Gasteiger partial charge in [-0.25, -0.2) is 0 Å². The molecule has 2 saturated heterocycles. The van der Waals surface area contributed by atoms with E-state index in [2.05, 4.69) is 9.80 Å². The molecule has 124 valence electrons. The Morgan fingerprint density at radius 3 is 2.62 bits per heavy atom. The third kappa shape index (κ3) is 5.83. The van der Waals surface area contributed by atoms with Gasteiger partial charge in [0, 0.05) is 26.2 Å². The maximum Gasteiger partial charge on any atom is 0.0900 e. The van der Waals surface area contributed by atoms with Crippen LogP contribution in [-0.2, 0) is 9.47 Å². The molecule has 21 heavy (non-hydrogen) atoms. The molecule has 0 aliphatic carbocycles. The van der Waals surface area contributed by atoms with E-state index >= 15 is 0 Å². The summed E-state index contributed by atoms with van der Waals surface area (Å²) in [5, 5.41) is 10.1. The Hall–Kier alpha value is -0.200. The quantitative estimate of drug-likeness (QED) is 0.723. The molecule has 2 aliphatic heterocycles. The highest BCUT2D eigenvalue weighted by Crippen LogP contribution is 2.20. The summed E-state index contributed by atoms with van der Waals surface area (Å²) in [5.74, 6) is 0. The molecule has 0 aromatic heterocycles. The second-order valence-corrected chi connectivity index (χ2v) is 6.55. The molecule has 1 N–H and O–H groups in total. The molecule has 3 unspecified atom stereocenters. The van der Waals surface area contributed by atoms with Gasteiger partial charge in [0.05, 0.1) is 25.4 Å². The van der Waals surface area contributed by atoms with Crippen molar-refractivity contribution < 1.29 is 14.6 Å². The van der Waals surface area contributed by atoms with Crippen molar-refractivity contribution in [2.24, 2.45) is 0 Å². The van der Waals surface area contributed by atoms with Crippen LogP contribution in [0.15, 0.2) is 0 Å². The molecule has 0 aromatic carbocycles. The second kappa shape index (κ2) is 9.06. The fraction of sp³-hybridized carbons (Fsp3) is 1.00. The topological polar surface area (TPSA) is 45.2 Å². The monoisotopic (exact) mass is 300 g/mol. The highest BCUT2D eigenvalue weighted by atomic mass is 16.5. The van der Waals surface area contributed by atoms with Crippen molar-refractivity contribution in [2.45, 2.75) is 50.9 Å². The number of aliphatic hydroxyl groups is 1. The Morgan fingerprint density at radius 2 is 1.90 bits per heavy atom. The molecule has 2 aliphatic rings. The smallest absolute Gasteiger partial charge is 0.0900 e. The van der Waals surface area contributed by atoms with E-state index in [0.717, 1.165) is 19.6 Å². The van der Waals surface area contributed by atoms with E-state index in [1.165, 1.54) is 38.8 Å². The van der Waals surface area contributed by atoms with Crippen LogP contribution in [-0.4, -0.2) is 86.2 Å². The van der Waals surface area contributed by atoms with Crippen LogP contribution < -0.4 is 0 Å². The first kappa shape index (κ1) is 17.2. The zero-order chi connectivity index (χ0) is 15.1. The molecular weight excluding hydrogens is 268 g/mol. The van der Waals surface area contributed by atoms with E-state index in [-0.39, 0.29) is 6.10 Å². The Bertz CT molecular complexity index is 285. The Morgan fingerprint density at radius 1 is 1.14 bits per heavy atom. The number of hydrogen-bond donors (Lipinski definition) is 1. The lowest BCUT2D eigenvalue weighted by Gasteiger charge is -2.32. The fourth-order valence-corrected chi connectivity index (χ4v) is 3.47. The van der Waals surface area contributed by atoms with Crippen molar-refractivity contribution in [3.05, 3.63) is 0 Å². The van der Waals surface area contributed by atoms with E-state index in [1.807, 2.05) is 6.92 Å². The predicted molar refractivity (Wildman–Crippen MR) is 83.6 cm³/mol. The van der Waals surface area contributed by atoms with Crippen LogP contribution in [0.3, 0.4) is 0 Å². The normalized spacial score (nSPS) is 27.9. The molecule has 0 radical (unpaired) electrons. The van der Waals surface area contributed by atoms with Gasteiger partial charge in [0.2, 0.25) is 0 Å². The second-order valence-electron chi connectivity index (χ2n) is 6.55. The van der Waals surface area contributed by atoms with Crippen molar-refractivity contribution in [3.63, 3.8) is 0 Å². The number of rotatable bonds is 8. The zero-order valence-corrected chi connectivity index (χ0v) is 13.7. The van der Waals surface area contributed by atoms with Crippen LogP contribution in [0.5, 0.6) is 0 Å². The summed E-state index contributed by atoms with van der Waals surface area (Å²) in [7, 11) is 1.67. The number of ether oxygens (including phenoxy) is 2. The molecule has 0 aromatic rings. The van der Waals surface area contributed by atoms with Crippen LogP contribution in [0.2, 0.25) is 0 Å². The van der Waals surface area contributed by atoms with Gasteiger partial charge in [-0.15, -0.1) is 0 Å². The fourth-order valence-electron chi connectivity index (χ4n) is 3.47. The van der Waals surface area contributed by atoms with E-state index in [4.69, 9.17) is 9.47 Å². The molecule has 3 atom stereocenters. The van der Waals surface area contributed by atoms with Crippen molar-refractivity contribution in [1.82, 2.24) is 9.80 Å². The molecule has 2 fully saturated rings. The van der Waals surface area contributed by atoms with Crippen LogP contribution in [0.25, 0.3) is 0 Å². The van der Waals surface area contributed by atoms with Gasteiger partial charge in [-0.05, 0) is 45.8 Å². The number of methoxy groups -OCH3 is 1. The van der Waals surface area contributed by atoms with Crippen LogP contribution >= 0.6 is 0 Å². The molecular formula is C16H32N2O3. The van der Waals surface area contributed by atoms with E-state index in [1.54, 1.807) is 7.11 Å². The van der Waals surface area contributed by atoms with E-state index in [9.17, 15) is 5.11 Å². The van der Waals surface area contributed by atoms with Crippen molar-refractivity contribution >= 4 is 0 Å². The minimum Gasteiger partial charge on any atom is -0.389 e. The summed E-state index contributed by atoms with van der Waals surface area (Å²) in [4.78, 5) is 5.03. The molecule has 0 amide bonds. The lowest BCUT2D eigenvalue weighted by atomic mass is 10.1. The number of aliphatic hydroxyl groups excluding tert-OH is 1.